The molecule has 36 heavy (non-hydrogen) atoms. The zero-order valence-electron chi connectivity index (χ0n) is 19.5. The fourth-order valence-corrected chi connectivity index (χ4v) is 4.41. The van der Waals surface area contributed by atoms with Gasteiger partial charge in [0.05, 0.1) is 30.0 Å². The van der Waals surface area contributed by atoms with Gasteiger partial charge in [-0.3, -0.25) is 9.59 Å². The van der Waals surface area contributed by atoms with Crippen molar-refractivity contribution in [3.8, 4) is 0 Å². The number of carbonyl (C=O) groups is 4. The standard InChI is InChI=1S/C25H23ClN4O6/c1-3-35-24(33)20-17(22(31)29(27-20)15-11-7-5-8-12-15)19(26)18-21(25(34)36-4-2)28-30(23(18)32)16-13-9-6-10-14-16/h5-14,17-19H,3-4H2,1-2H3/t17-,18-/m1/s1. The summed E-state index contributed by atoms with van der Waals surface area (Å²) in [5.74, 6) is -5.73. The lowest BCUT2D eigenvalue weighted by atomic mass is 9.86. The largest absolute Gasteiger partial charge is 0.461 e. The van der Waals surface area contributed by atoms with E-state index in [0.717, 1.165) is 10.0 Å². The predicted octanol–water partition coefficient (Wildman–Crippen LogP) is 2.76. The quantitative estimate of drug-likeness (QED) is 0.398. The van der Waals surface area contributed by atoms with Crippen LogP contribution in [0.5, 0.6) is 0 Å². The smallest absolute Gasteiger partial charge is 0.355 e. The van der Waals surface area contributed by atoms with E-state index < -0.39 is 41.0 Å². The van der Waals surface area contributed by atoms with Crippen LogP contribution < -0.4 is 10.0 Å². The molecule has 4 rings (SSSR count). The second-order valence-electron chi connectivity index (χ2n) is 7.78. The van der Waals surface area contributed by atoms with Crippen LogP contribution >= 0.6 is 11.6 Å². The summed E-state index contributed by atoms with van der Waals surface area (Å²) in [7, 11) is 0. The van der Waals surface area contributed by atoms with Gasteiger partial charge in [-0.15, -0.1) is 11.6 Å². The molecule has 0 aromatic heterocycles. The SMILES string of the molecule is CCOC(=O)C1=NN(c2ccccc2)C(=O)[C@@H]1C(Cl)[C@H]1C(=O)N(c2ccccc2)N=C1C(=O)OCC. The Hall–Kier alpha value is -4.05. The highest BCUT2D eigenvalue weighted by Crippen LogP contribution is 2.36. The van der Waals surface area contributed by atoms with E-state index in [0.29, 0.717) is 11.4 Å². The topological polar surface area (TPSA) is 118 Å². The highest BCUT2D eigenvalue weighted by Gasteiger charge is 2.54. The van der Waals surface area contributed by atoms with Crippen LogP contribution in [0, 0.1) is 11.8 Å². The van der Waals surface area contributed by atoms with E-state index in [1.807, 2.05) is 0 Å². The molecule has 2 heterocycles. The number of para-hydroxylation sites is 2. The van der Waals surface area contributed by atoms with Crippen molar-refractivity contribution in [3.63, 3.8) is 0 Å². The summed E-state index contributed by atoms with van der Waals surface area (Å²) >= 11 is 6.79. The van der Waals surface area contributed by atoms with Gasteiger partial charge >= 0.3 is 11.9 Å². The monoisotopic (exact) mass is 510 g/mol. The first-order valence-corrected chi connectivity index (χ1v) is 11.8. The number of benzene rings is 2. The van der Waals surface area contributed by atoms with Crippen LogP contribution in [0.15, 0.2) is 70.9 Å². The number of hydrogen-bond acceptors (Lipinski definition) is 8. The lowest BCUT2D eigenvalue weighted by molar-refractivity contribution is -0.136. The zero-order chi connectivity index (χ0) is 25.8. The molecule has 0 fully saturated rings. The summed E-state index contributed by atoms with van der Waals surface area (Å²) in [5.41, 5.74) is 0.275. The number of amides is 2. The molecule has 2 aromatic rings. The Morgan fingerprint density at radius 3 is 1.47 bits per heavy atom. The van der Waals surface area contributed by atoms with Gasteiger partial charge in [0.1, 0.15) is 11.8 Å². The molecule has 2 aliphatic rings. The average Bonchev–Trinajstić information content (AvgIpc) is 3.42. The van der Waals surface area contributed by atoms with Crippen LogP contribution in [0.3, 0.4) is 0 Å². The van der Waals surface area contributed by atoms with Crippen molar-refractivity contribution in [3.05, 3.63) is 60.7 Å². The van der Waals surface area contributed by atoms with Crippen molar-refractivity contribution in [2.45, 2.75) is 19.2 Å². The molecule has 0 unspecified atom stereocenters. The number of rotatable bonds is 8. The number of carbonyl (C=O) groups excluding carboxylic acids is 4. The lowest BCUT2D eigenvalue weighted by Gasteiger charge is -2.23. The fraction of sp³-hybridized carbons (Fsp3) is 0.280. The van der Waals surface area contributed by atoms with Gasteiger partial charge in [-0.2, -0.15) is 20.2 Å². The maximum absolute atomic E-state index is 13.5. The molecule has 0 radical (unpaired) electrons. The second-order valence-corrected chi connectivity index (χ2v) is 8.29. The Labute approximate surface area is 212 Å². The Bertz CT molecular complexity index is 1140. The van der Waals surface area contributed by atoms with E-state index in [2.05, 4.69) is 10.2 Å². The Balaban J connectivity index is 1.74. The average molecular weight is 511 g/mol. The van der Waals surface area contributed by atoms with Gasteiger partial charge < -0.3 is 9.47 Å². The summed E-state index contributed by atoms with van der Waals surface area (Å²) in [6.45, 7) is 3.30. The van der Waals surface area contributed by atoms with E-state index in [-0.39, 0.29) is 24.6 Å². The van der Waals surface area contributed by atoms with Crippen LogP contribution in [0.2, 0.25) is 0 Å². The lowest BCUT2D eigenvalue weighted by Crippen LogP contribution is -2.46. The van der Waals surface area contributed by atoms with Crippen molar-refractivity contribution in [1.82, 2.24) is 0 Å². The van der Waals surface area contributed by atoms with Crippen LogP contribution in [0.25, 0.3) is 0 Å². The first-order chi connectivity index (χ1) is 17.4. The number of ether oxygens (including phenoxy) is 2. The summed E-state index contributed by atoms with van der Waals surface area (Å²) < 4.78 is 10.2. The number of esters is 2. The van der Waals surface area contributed by atoms with Crippen molar-refractivity contribution in [1.29, 1.82) is 0 Å². The second kappa shape index (κ2) is 10.7. The van der Waals surface area contributed by atoms with Gasteiger partial charge in [0.15, 0.2) is 11.4 Å². The maximum Gasteiger partial charge on any atom is 0.355 e. The van der Waals surface area contributed by atoms with Crippen molar-refractivity contribution in [2.75, 3.05) is 23.2 Å². The van der Waals surface area contributed by atoms with Gasteiger partial charge in [-0.1, -0.05) is 36.4 Å². The highest BCUT2D eigenvalue weighted by atomic mass is 35.5. The van der Waals surface area contributed by atoms with Crippen LogP contribution in [0.1, 0.15) is 13.8 Å². The molecule has 10 nitrogen and oxygen atoms in total. The van der Waals surface area contributed by atoms with E-state index in [1.54, 1.807) is 74.5 Å². The van der Waals surface area contributed by atoms with Crippen molar-refractivity contribution in [2.24, 2.45) is 22.0 Å². The van der Waals surface area contributed by atoms with Gasteiger partial charge in [0, 0.05) is 0 Å². The van der Waals surface area contributed by atoms with E-state index in [4.69, 9.17) is 21.1 Å². The molecule has 0 N–H and O–H groups in total. The molecule has 11 heteroatoms. The summed E-state index contributed by atoms with van der Waals surface area (Å²) in [6, 6.07) is 16.9. The fourth-order valence-electron chi connectivity index (χ4n) is 3.96. The third-order valence-corrected chi connectivity index (χ3v) is 6.07. The molecule has 0 saturated heterocycles. The predicted molar refractivity (Wildman–Crippen MR) is 133 cm³/mol. The van der Waals surface area contributed by atoms with Crippen LogP contribution in [-0.4, -0.2) is 53.8 Å². The molecule has 2 atom stereocenters. The van der Waals surface area contributed by atoms with Crippen molar-refractivity contribution < 1.29 is 28.7 Å². The molecular weight excluding hydrogens is 488 g/mol. The normalized spacial score (nSPS) is 19.4. The third kappa shape index (κ3) is 4.59. The number of alkyl halides is 1. The minimum absolute atomic E-state index is 0.0384. The molecule has 0 saturated carbocycles. The minimum Gasteiger partial charge on any atom is -0.461 e. The number of nitrogens with zero attached hydrogens (tertiary/aromatic N) is 4. The minimum atomic E-state index is -1.39. The number of hydrogen-bond donors (Lipinski definition) is 0. The first kappa shape index (κ1) is 25.1. The molecule has 2 aromatic carbocycles. The Kier molecular flexibility index (Phi) is 7.44. The summed E-state index contributed by atoms with van der Waals surface area (Å²) in [4.78, 5) is 52.6. The molecule has 0 aliphatic carbocycles. The molecule has 186 valence electrons. The maximum atomic E-state index is 13.5. The first-order valence-electron chi connectivity index (χ1n) is 11.3. The molecular formula is C25H23ClN4O6. The summed E-state index contributed by atoms with van der Waals surface area (Å²) in [5, 5.41) is 9.10. The molecule has 2 aliphatic heterocycles. The van der Waals surface area contributed by atoms with Gasteiger partial charge in [0.25, 0.3) is 11.8 Å². The molecule has 0 spiro atoms. The van der Waals surface area contributed by atoms with Gasteiger partial charge in [-0.05, 0) is 38.1 Å². The van der Waals surface area contributed by atoms with Gasteiger partial charge in [-0.25, -0.2) is 9.59 Å². The third-order valence-electron chi connectivity index (χ3n) is 5.56. The Morgan fingerprint density at radius 2 is 1.14 bits per heavy atom. The highest BCUT2D eigenvalue weighted by molar-refractivity contribution is 6.50. The van der Waals surface area contributed by atoms with Crippen LogP contribution in [-0.2, 0) is 28.7 Å². The zero-order valence-corrected chi connectivity index (χ0v) is 20.3. The number of halogens is 1. The Morgan fingerprint density at radius 1 is 0.778 bits per heavy atom. The van der Waals surface area contributed by atoms with Crippen LogP contribution in [0.4, 0.5) is 11.4 Å². The van der Waals surface area contributed by atoms with E-state index in [9.17, 15) is 19.2 Å². The van der Waals surface area contributed by atoms with E-state index in [1.165, 1.54) is 0 Å². The number of anilines is 2. The van der Waals surface area contributed by atoms with Gasteiger partial charge in [0.2, 0.25) is 0 Å². The molecule has 0 bridgehead atoms. The van der Waals surface area contributed by atoms with Crippen molar-refractivity contribution >= 4 is 58.2 Å². The molecule has 2 amide bonds. The number of hydrazone groups is 2. The summed E-state index contributed by atoms with van der Waals surface area (Å²) in [6.07, 6.45) is 0. The van der Waals surface area contributed by atoms with E-state index >= 15 is 0 Å².